The second-order valence-corrected chi connectivity index (χ2v) is 4.35. The van der Waals surface area contributed by atoms with Crippen LogP contribution in [0.25, 0.3) is 0 Å². The molecule has 2 fully saturated rings. The highest BCUT2D eigenvalue weighted by Crippen LogP contribution is 2.54. The topological polar surface area (TPSA) is 58.7 Å². The molecule has 2 rings (SSSR count). The molecule has 12 heavy (non-hydrogen) atoms. The van der Waals surface area contributed by atoms with E-state index >= 15 is 0 Å². The smallest absolute Gasteiger partial charge is 0.314 e. The summed E-state index contributed by atoms with van der Waals surface area (Å²) in [5.74, 6) is 0. The van der Waals surface area contributed by atoms with Gasteiger partial charge < -0.3 is 9.64 Å². The van der Waals surface area contributed by atoms with Gasteiger partial charge in [-0.15, -0.1) is 4.55 Å². The van der Waals surface area contributed by atoms with Crippen LogP contribution in [0.5, 0.6) is 0 Å². The van der Waals surface area contributed by atoms with E-state index in [0.717, 1.165) is 12.0 Å². The molecule has 66 valence electrons. The standard InChI is InChI=1S/C5H5NO4S2/c7-3-6-1-2-9-5(11-8)4(6)10-12-5/h4H,1-2H2/t4-,5-/m0/s1. The van der Waals surface area contributed by atoms with E-state index in [-0.39, 0.29) is 0 Å². The zero-order valence-electron chi connectivity index (χ0n) is 5.89. The van der Waals surface area contributed by atoms with Gasteiger partial charge in [-0.25, -0.2) is 0 Å². The number of ether oxygens (including phenoxy) is 1. The number of amides is 1. The van der Waals surface area contributed by atoms with E-state index in [0.29, 0.717) is 25.2 Å². The lowest BCUT2D eigenvalue weighted by atomic mass is 10.4. The van der Waals surface area contributed by atoms with Gasteiger partial charge in [-0.05, 0) is 0 Å². The minimum absolute atomic E-state index is 0.307. The summed E-state index contributed by atoms with van der Waals surface area (Å²) in [7, 11) is 0. The molecule has 2 atom stereocenters. The lowest BCUT2D eigenvalue weighted by Crippen LogP contribution is -2.62. The van der Waals surface area contributed by atoms with Crippen molar-refractivity contribution in [1.29, 1.82) is 0 Å². The molecule has 2 radical (unpaired) electrons. The van der Waals surface area contributed by atoms with Gasteiger partial charge in [-0.2, -0.15) is 0 Å². The van der Waals surface area contributed by atoms with E-state index < -0.39 is 10.5 Å². The normalized spacial score (nSPS) is 40.1. The van der Waals surface area contributed by atoms with Crippen molar-refractivity contribution in [2.45, 2.75) is 10.5 Å². The molecule has 0 aliphatic carbocycles. The van der Waals surface area contributed by atoms with Gasteiger partial charge in [-0.3, -0.25) is 8.98 Å². The van der Waals surface area contributed by atoms with Crippen LogP contribution in [0.1, 0.15) is 0 Å². The first-order valence-electron chi connectivity index (χ1n) is 3.26. The second-order valence-electron chi connectivity index (χ2n) is 2.35. The zero-order valence-corrected chi connectivity index (χ0v) is 7.52. The minimum atomic E-state index is -0.949. The third-order valence-corrected chi connectivity index (χ3v) is 3.50. The van der Waals surface area contributed by atoms with E-state index in [2.05, 4.69) is 0 Å². The Hall–Kier alpha value is 0.0500. The van der Waals surface area contributed by atoms with E-state index in [1.807, 2.05) is 0 Å². The monoisotopic (exact) mass is 207 g/mol. The molecule has 0 unspecified atom stereocenters. The predicted octanol–water partition coefficient (Wildman–Crippen LogP) is 0.123. The molecule has 0 saturated carbocycles. The first-order chi connectivity index (χ1) is 5.82. The Bertz CT molecular complexity index is 200. The van der Waals surface area contributed by atoms with Gasteiger partial charge in [0.2, 0.25) is 0 Å². The van der Waals surface area contributed by atoms with Crippen molar-refractivity contribution in [3.63, 3.8) is 0 Å². The van der Waals surface area contributed by atoms with Crippen LogP contribution in [-0.4, -0.2) is 35.0 Å². The number of carbonyl (C=O) groups excluding carboxylic acids is 1. The maximum Gasteiger partial charge on any atom is 0.314 e. The summed E-state index contributed by atoms with van der Waals surface area (Å²) >= 11 is 1.27. The molecule has 2 aliphatic heterocycles. The van der Waals surface area contributed by atoms with Gasteiger partial charge >= 0.3 is 6.41 Å². The van der Waals surface area contributed by atoms with Crippen molar-refractivity contribution in [3.8, 4) is 0 Å². The van der Waals surface area contributed by atoms with Crippen LogP contribution >= 0.6 is 24.1 Å². The highest BCUT2D eigenvalue weighted by atomic mass is 32.2. The van der Waals surface area contributed by atoms with E-state index in [4.69, 9.17) is 8.92 Å². The number of nitrogens with zero attached hydrogens (tertiary/aromatic N) is 1. The average molecular weight is 207 g/mol. The molecule has 2 heterocycles. The van der Waals surface area contributed by atoms with E-state index in [9.17, 15) is 9.35 Å². The van der Waals surface area contributed by atoms with Crippen LogP contribution in [0, 0.1) is 0 Å². The van der Waals surface area contributed by atoms with Gasteiger partial charge in [0.05, 0.1) is 18.6 Å². The molecule has 0 aromatic heterocycles. The molecule has 0 bridgehead atoms. The Morgan fingerprint density at radius 3 is 3.08 bits per heavy atom. The molecule has 5 nitrogen and oxygen atoms in total. The van der Waals surface area contributed by atoms with E-state index in [1.54, 1.807) is 6.41 Å². The van der Waals surface area contributed by atoms with Crippen molar-refractivity contribution in [1.82, 2.24) is 4.90 Å². The maximum absolute atomic E-state index is 10.7. The van der Waals surface area contributed by atoms with Crippen LogP contribution in [0.4, 0.5) is 0 Å². The fraction of sp³-hybridized carbons (Fsp3) is 0.800. The van der Waals surface area contributed by atoms with Gasteiger partial charge in [0.25, 0.3) is 4.27 Å². The molecule has 0 aromatic carbocycles. The third-order valence-electron chi connectivity index (χ3n) is 1.71. The van der Waals surface area contributed by atoms with Crippen LogP contribution in [0.15, 0.2) is 0 Å². The van der Waals surface area contributed by atoms with Crippen molar-refractivity contribution >= 4 is 30.5 Å². The SMILES string of the molecule is [O]S[C@@]12OCCN([C]=O)[C@H]1OS2. The first-order valence-corrected chi connectivity index (χ1v) is 4.74. The minimum Gasteiger partial charge on any atom is -0.345 e. The molecule has 0 spiro atoms. The van der Waals surface area contributed by atoms with Crippen molar-refractivity contribution in [3.05, 3.63) is 0 Å². The summed E-state index contributed by atoms with van der Waals surface area (Å²) in [5.41, 5.74) is 0. The number of hydrogen-bond donors (Lipinski definition) is 0. The average Bonchev–Trinajstić information content (AvgIpc) is 2.07. The Morgan fingerprint density at radius 1 is 1.75 bits per heavy atom. The summed E-state index contributed by atoms with van der Waals surface area (Å²) in [5, 5.41) is 0. The number of rotatable bonds is 2. The third kappa shape index (κ3) is 1.05. The van der Waals surface area contributed by atoms with Crippen molar-refractivity contribution in [2.24, 2.45) is 0 Å². The van der Waals surface area contributed by atoms with Gasteiger partial charge in [0.15, 0.2) is 6.23 Å². The molecule has 2 aliphatic rings. The highest BCUT2D eigenvalue weighted by molar-refractivity contribution is 8.14. The molecule has 7 heteroatoms. The largest absolute Gasteiger partial charge is 0.345 e. The summed E-state index contributed by atoms with van der Waals surface area (Å²) in [6, 6.07) is 0. The van der Waals surface area contributed by atoms with Gasteiger partial charge in [0.1, 0.15) is 0 Å². The van der Waals surface area contributed by atoms with E-state index in [1.165, 1.54) is 4.90 Å². The lowest BCUT2D eigenvalue weighted by molar-refractivity contribution is -0.126. The van der Waals surface area contributed by atoms with Crippen LogP contribution < -0.4 is 0 Å². The molecule has 1 amide bonds. The summed E-state index contributed by atoms with van der Waals surface area (Å²) in [6.45, 7) is 0.786. The zero-order chi connectivity index (χ0) is 8.60. The van der Waals surface area contributed by atoms with Crippen LogP contribution in [0.2, 0.25) is 0 Å². The lowest BCUT2D eigenvalue weighted by Gasteiger charge is -2.49. The fourth-order valence-electron chi connectivity index (χ4n) is 1.08. The molecule has 2 saturated heterocycles. The van der Waals surface area contributed by atoms with Crippen LogP contribution in [0.3, 0.4) is 0 Å². The highest BCUT2D eigenvalue weighted by Gasteiger charge is 2.59. The molecular formula is C5H5NO4S2. The first kappa shape index (κ1) is 8.64. The second kappa shape index (κ2) is 3.08. The number of hydrogen-bond acceptors (Lipinski definition) is 5. The van der Waals surface area contributed by atoms with Crippen molar-refractivity contribution in [2.75, 3.05) is 13.2 Å². The Labute approximate surface area is 77.8 Å². The predicted molar refractivity (Wildman–Crippen MR) is 41.8 cm³/mol. The molecule has 0 N–H and O–H groups in total. The summed E-state index contributed by atoms with van der Waals surface area (Å²) in [6.07, 6.45) is 1.13. The van der Waals surface area contributed by atoms with Crippen molar-refractivity contribution < 1.29 is 18.3 Å². The summed E-state index contributed by atoms with van der Waals surface area (Å²) in [4.78, 5) is 11.7. The quantitative estimate of drug-likeness (QED) is 0.602. The Morgan fingerprint density at radius 2 is 2.58 bits per heavy atom. The van der Waals surface area contributed by atoms with Gasteiger partial charge in [0, 0.05) is 18.6 Å². The maximum atomic E-state index is 10.7. The Balaban J connectivity index is 2.11. The number of fused-ring (bicyclic) bond motifs is 1. The molecule has 0 aromatic rings. The summed E-state index contributed by atoms with van der Waals surface area (Å²) < 4.78 is 19.9. The Kier molecular flexibility index (Phi) is 2.21. The van der Waals surface area contributed by atoms with Gasteiger partial charge in [-0.1, -0.05) is 0 Å². The van der Waals surface area contributed by atoms with Crippen LogP contribution in [-0.2, 0) is 18.3 Å². The number of morpholine rings is 1. The fourth-order valence-corrected chi connectivity index (χ4v) is 2.47. The molecular weight excluding hydrogens is 202 g/mol.